The van der Waals surface area contributed by atoms with Gasteiger partial charge in [0.2, 0.25) is 0 Å². The average Bonchev–Trinajstić information content (AvgIpc) is 3.48. The van der Waals surface area contributed by atoms with Gasteiger partial charge in [-0.15, -0.1) is 12.8 Å². The highest BCUT2D eigenvalue weighted by Gasteiger charge is 2.31. The molecule has 0 saturated carbocycles. The van der Waals surface area contributed by atoms with Gasteiger partial charge in [0.1, 0.15) is 11.5 Å². The Morgan fingerprint density at radius 1 is 0.970 bits per heavy atom. The van der Waals surface area contributed by atoms with Crippen LogP contribution in [0.15, 0.2) is 24.4 Å². The van der Waals surface area contributed by atoms with Crippen LogP contribution in [0, 0.1) is 33.6 Å². The number of amides is 1. The monoisotopic (exact) mass is 444 g/mol. The van der Waals surface area contributed by atoms with Crippen molar-refractivity contribution in [1.29, 1.82) is 0 Å². The lowest BCUT2D eigenvalue weighted by Gasteiger charge is -2.34. The van der Waals surface area contributed by atoms with Crippen LogP contribution in [0.4, 0.5) is 5.82 Å². The van der Waals surface area contributed by atoms with Crippen LogP contribution in [0.1, 0.15) is 71.1 Å². The van der Waals surface area contributed by atoms with E-state index in [4.69, 9.17) is 10.1 Å². The van der Waals surface area contributed by atoms with Crippen molar-refractivity contribution < 1.29 is 4.79 Å². The number of pyridine rings is 1. The van der Waals surface area contributed by atoms with Gasteiger partial charge in [0.05, 0.1) is 11.7 Å². The van der Waals surface area contributed by atoms with E-state index in [2.05, 4.69) is 41.9 Å². The SMILES string of the molecule is C#C.Cc1cc(C)nc(C(=O)N2CCCC[C@H]2c2cc3nc(N4CCCC4)c(C)cn3n2)c1. The molecule has 0 aliphatic carbocycles. The minimum Gasteiger partial charge on any atom is -0.356 e. The van der Waals surface area contributed by atoms with E-state index in [0.717, 1.165) is 72.9 Å². The first-order chi connectivity index (χ1) is 16.0. The van der Waals surface area contributed by atoms with Gasteiger partial charge >= 0.3 is 0 Å². The predicted molar refractivity (Wildman–Crippen MR) is 130 cm³/mol. The molecule has 0 unspecified atom stereocenters. The van der Waals surface area contributed by atoms with Gasteiger partial charge < -0.3 is 9.80 Å². The molecule has 5 heterocycles. The van der Waals surface area contributed by atoms with Crippen LogP contribution in [0.3, 0.4) is 0 Å². The van der Waals surface area contributed by atoms with Gasteiger partial charge in [-0.2, -0.15) is 5.10 Å². The quantitative estimate of drug-likeness (QED) is 0.565. The molecular weight excluding hydrogens is 412 g/mol. The van der Waals surface area contributed by atoms with E-state index in [9.17, 15) is 4.79 Å². The van der Waals surface area contributed by atoms with E-state index in [-0.39, 0.29) is 11.9 Å². The standard InChI is InChI=1S/C24H30N6O.C2H2/c1-16-12-18(3)25-20(13-16)24(31)29-11-5-4-8-21(29)19-14-22-26-23(28-9-6-7-10-28)17(2)15-30(22)27-19;1-2/h12-15,21H,4-11H2,1-3H3;1-2H/t21-;/m0./s1. The fourth-order valence-electron chi connectivity index (χ4n) is 5.01. The van der Waals surface area contributed by atoms with Crippen molar-refractivity contribution in [2.75, 3.05) is 24.5 Å². The van der Waals surface area contributed by atoms with Crippen LogP contribution in [0.2, 0.25) is 0 Å². The Balaban J connectivity index is 0.00000126. The summed E-state index contributed by atoms with van der Waals surface area (Å²) < 4.78 is 1.87. The van der Waals surface area contributed by atoms with E-state index in [1.165, 1.54) is 12.8 Å². The van der Waals surface area contributed by atoms with Gasteiger partial charge in [0, 0.05) is 43.2 Å². The third-order valence-electron chi connectivity index (χ3n) is 6.45. The molecule has 0 aromatic carbocycles. The second-order valence-corrected chi connectivity index (χ2v) is 8.99. The van der Waals surface area contributed by atoms with Crippen molar-refractivity contribution in [3.8, 4) is 12.8 Å². The van der Waals surface area contributed by atoms with Crippen molar-refractivity contribution in [1.82, 2.24) is 24.5 Å². The first-order valence-corrected chi connectivity index (χ1v) is 11.7. The lowest BCUT2D eigenvalue weighted by molar-refractivity contribution is 0.0599. The Morgan fingerprint density at radius 3 is 2.42 bits per heavy atom. The molecule has 0 bridgehead atoms. The first kappa shape index (κ1) is 22.8. The molecule has 7 nitrogen and oxygen atoms in total. The summed E-state index contributed by atoms with van der Waals surface area (Å²) in [5.41, 5.74) is 5.37. The second kappa shape index (κ2) is 9.62. The number of carbonyl (C=O) groups is 1. The molecule has 7 heteroatoms. The maximum absolute atomic E-state index is 13.4. The molecule has 1 atom stereocenters. The lowest BCUT2D eigenvalue weighted by atomic mass is 9.98. The van der Waals surface area contributed by atoms with Gasteiger partial charge in [0.25, 0.3) is 5.91 Å². The molecule has 0 radical (unpaired) electrons. The number of hydrogen-bond acceptors (Lipinski definition) is 5. The summed E-state index contributed by atoms with van der Waals surface area (Å²) in [4.78, 5) is 27.2. The number of nitrogens with zero attached hydrogens (tertiary/aromatic N) is 6. The molecule has 2 fully saturated rings. The molecule has 1 amide bonds. The topological polar surface area (TPSA) is 66.6 Å². The molecule has 3 aromatic rings. The zero-order valence-electron chi connectivity index (χ0n) is 19.8. The second-order valence-electron chi connectivity index (χ2n) is 8.99. The molecule has 5 rings (SSSR count). The van der Waals surface area contributed by atoms with Crippen LogP contribution in [0.25, 0.3) is 5.65 Å². The Labute approximate surface area is 195 Å². The highest BCUT2D eigenvalue weighted by Crippen LogP contribution is 2.32. The summed E-state index contributed by atoms with van der Waals surface area (Å²) in [5.74, 6) is 1.06. The summed E-state index contributed by atoms with van der Waals surface area (Å²) >= 11 is 0. The molecular formula is C26H32N6O. The van der Waals surface area contributed by atoms with Gasteiger partial charge in [-0.3, -0.25) is 4.79 Å². The predicted octanol–water partition coefficient (Wildman–Crippen LogP) is 4.27. The van der Waals surface area contributed by atoms with E-state index >= 15 is 0 Å². The van der Waals surface area contributed by atoms with Crippen molar-refractivity contribution in [3.63, 3.8) is 0 Å². The Bertz CT molecular complexity index is 1150. The Morgan fingerprint density at radius 2 is 1.70 bits per heavy atom. The van der Waals surface area contributed by atoms with Crippen LogP contribution >= 0.6 is 0 Å². The first-order valence-electron chi connectivity index (χ1n) is 11.7. The van der Waals surface area contributed by atoms with Crippen LogP contribution in [0.5, 0.6) is 0 Å². The van der Waals surface area contributed by atoms with Crippen molar-refractivity contribution in [2.45, 2.75) is 58.9 Å². The van der Waals surface area contributed by atoms with Crippen molar-refractivity contribution >= 4 is 17.4 Å². The largest absolute Gasteiger partial charge is 0.356 e. The summed E-state index contributed by atoms with van der Waals surface area (Å²) in [6.45, 7) is 8.91. The number of likely N-dealkylation sites (tertiary alicyclic amines) is 1. The summed E-state index contributed by atoms with van der Waals surface area (Å²) in [5, 5.41) is 4.85. The zero-order valence-corrected chi connectivity index (χ0v) is 19.8. The van der Waals surface area contributed by atoms with Crippen LogP contribution in [-0.4, -0.2) is 50.0 Å². The lowest BCUT2D eigenvalue weighted by Crippen LogP contribution is -2.39. The van der Waals surface area contributed by atoms with Gasteiger partial charge in [0.15, 0.2) is 5.65 Å². The minimum atomic E-state index is -0.0406. The van der Waals surface area contributed by atoms with E-state index < -0.39 is 0 Å². The molecule has 2 aliphatic heterocycles. The molecule has 0 spiro atoms. The molecule has 2 aliphatic rings. The molecule has 172 valence electrons. The summed E-state index contributed by atoms with van der Waals surface area (Å²) in [7, 11) is 0. The minimum absolute atomic E-state index is 0.00421. The number of aryl methyl sites for hydroxylation is 3. The van der Waals surface area contributed by atoms with Crippen molar-refractivity contribution in [3.05, 3.63) is 52.6 Å². The van der Waals surface area contributed by atoms with E-state index in [1.54, 1.807) is 0 Å². The van der Waals surface area contributed by atoms with Gasteiger partial charge in [-0.1, -0.05) is 0 Å². The Kier molecular flexibility index (Phi) is 6.64. The number of anilines is 1. The number of aromatic nitrogens is 4. The molecule has 33 heavy (non-hydrogen) atoms. The summed E-state index contributed by atoms with van der Waals surface area (Å²) in [6.07, 6.45) is 15.5. The zero-order chi connectivity index (χ0) is 23.5. The molecule has 3 aromatic heterocycles. The maximum Gasteiger partial charge on any atom is 0.273 e. The van der Waals surface area contributed by atoms with Gasteiger partial charge in [-0.25, -0.2) is 14.5 Å². The highest BCUT2D eigenvalue weighted by atomic mass is 16.2. The molecule has 2 saturated heterocycles. The number of terminal acetylenes is 1. The normalized spacial score (nSPS) is 18.3. The third-order valence-corrected chi connectivity index (χ3v) is 6.45. The molecule has 0 N–H and O–H groups in total. The number of hydrogen-bond donors (Lipinski definition) is 0. The van der Waals surface area contributed by atoms with Crippen LogP contribution in [-0.2, 0) is 0 Å². The van der Waals surface area contributed by atoms with Gasteiger partial charge in [-0.05, 0) is 70.6 Å². The number of fused-ring (bicyclic) bond motifs is 1. The average molecular weight is 445 g/mol. The maximum atomic E-state index is 13.4. The smallest absolute Gasteiger partial charge is 0.273 e. The summed E-state index contributed by atoms with van der Waals surface area (Å²) in [6, 6.07) is 5.90. The Hall–Kier alpha value is -3.40. The fraction of sp³-hybridized carbons (Fsp3) is 0.462. The number of rotatable bonds is 3. The highest BCUT2D eigenvalue weighted by molar-refractivity contribution is 5.93. The fourth-order valence-corrected chi connectivity index (χ4v) is 5.01. The third kappa shape index (κ3) is 4.56. The number of piperidine rings is 1. The van der Waals surface area contributed by atoms with Crippen LogP contribution < -0.4 is 4.90 Å². The van der Waals surface area contributed by atoms with E-state index in [0.29, 0.717) is 5.69 Å². The van der Waals surface area contributed by atoms with Crippen molar-refractivity contribution in [2.24, 2.45) is 0 Å². The van der Waals surface area contributed by atoms with E-state index in [1.807, 2.05) is 35.4 Å². The number of carbonyl (C=O) groups excluding carboxylic acids is 1.